The molecule has 0 saturated carbocycles. The first-order valence-corrected chi connectivity index (χ1v) is 5.80. The maximum absolute atomic E-state index is 13.0. The van der Waals surface area contributed by atoms with Crippen LogP contribution in [0.4, 0.5) is 4.39 Å². The number of ether oxygens (including phenoxy) is 1. The second kappa shape index (κ2) is 7.29. The summed E-state index contributed by atoms with van der Waals surface area (Å²) in [6.45, 7) is 4.27. The second-order valence-corrected chi connectivity index (χ2v) is 3.97. The summed E-state index contributed by atoms with van der Waals surface area (Å²) in [6, 6.07) is 4.49. The molecule has 1 aromatic carbocycles. The highest BCUT2D eigenvalue weighted by atomic mass is 35.5. The van der Waals surface area contributed by atoms with E-state index in [0.717, 1.165) is 25.7 Å². The maximum Gasteiger partial charge on any atom is 0.145 e. The Morgan fingerprint density at radius 2 is 2.12 bits per heavy atom. The van der Waals surface area contributed by atoms with E-state index in [-0.39, 0.29) is 5.02 Å². The zero-order chi connectivity index (χ0) is 11.8. The lowest BCUT2D eigenvalue weighted by Gasteiger charge is -2.06. The molecule has 0 aliphatic heterocycles. The fourth-order valence-corrected chi connectivity index (χ4v) is 1.44. The summed E-state index contributed by atoms with van der Waals surface area (Å²) in [5.41, 5.74) is 0. The van der Waals surface area contributed by atoms with Crippen LogP contribution in [0.1, 0.15) is 25.7 Å². The number of hydrogen-bond acceptors (Lipinski definition) is 1. The van der Waals surface area contributed by atoms with Crippen LogP contribution >= 0.6 is 11.6 Å². The van der Waals surface area contributed by atoms with Gasteiger partial charge in [-0.3, -0.25) is 0 Å². The van der Waals surface area contributed by atoms with Crippen molar-refractivity contribution < 1.29 is 9.13 Å². The minimum atomic E-state index is -0.439. The van der Waals surface area contributed by atoms with Gasteiger partial charge in [0.2, 0.25) is 0 Å². The summed E-state index contributed by atoms with van der Waals surface area (Å²) in [5, 5.41) is 0.123. The number of rotatable bonds is 7. The number of hydrogen-bond donors (Lipinski definition) is 0. The van der Waals surface area contributed by atoms with Gasteiger partial charge in [-0.15, -0.1) is 6.58 Å². The average Bonchev–Trinajstić information content (AvgIpc) is 2.28. The summed E-state index contributed by atoms with van der Waals surface area (Å²) in [6.07, 6.45) is 6.15. The lowest BCUT2D eigenvalue weighted by molar-refractivity contribution is 0.304. The fraction of sp³-hybridized carbons (Fsp3) is 0.385. The zero-order valence-electron chi connectivity index (χ0n) is 9.22. The van der Waals surface area contributed by atoms with E-state index < -0.39 is 5.82 Å². The standard InChI is InChI=1S/C13H16ClFO/c1-2-3-4-5-6-9-16-11-7-8-12(14)13(15)10-11/h2,7-8,10H,1,3-6,9H2. The molecule has 3 heteroatoms. The first kappa shape index (κ1) is 13.0. The first-order chi connectivity index (χ1) is 7.74. The van der Waals surface area contributed by atoms with Gasteiger partial charge in [-0.2, -0.15) is 0 Å². The first-order valence-electron chi connectivity index (χ1n) is 5.43. The van der Waals surface area contributed by atoms with Crippen LogP contribution in [0.5, 0.6) is 5.75 Å². The topological polar surface area (TPSA) is 9.23 Å². The molecule has 0 amide bonds. The number of allylic oxidation sites excluding steroid dienone is 1. The molecule has 0 spiro atoms. The Hall–Kier alpha value is -1.02. The van der Waals surface area contributed by atoms with Crippen molar-refractivity contribution in [1.82, 2.24) is 0 Å². The van der Waals surface area contributed by atoms with Crippen molar-refractivity contribution in [3.8, 4) is 5.75 Å². The highest BCUT2D eigenvalue weighted by Crippen LogP contribution is 2.20. The van der Waals surface area contributed by atoms with Crippen molar-refractivity contribution in [2.45, 2.75) is 25.7 Å². The van der Waals surface area contributed by atoms with E-state index in [9.17, 15) is 4.39 Å². The van der Waals surface area contributed by atoms with Gasteiger partial charge in [-0.1, -0.05) is 17.7 Å². The van der Waals surface area contributed by atoms with Gasteiger partial charge in [-0.05, 0) is 37.8 Å². The smallest absolute Gasteiger partial charge is 0.145 e. The Labute approximate surface area is 101 Å². The molecule has 0 atom stereocenters. The summed E-state index contributed by atoms with van der Waals surface area (Å²) < 4.78 is 18.4. The molecule has 0 aromatic heterocycles. The molecule has 0 bridgehead atoms. The minimum Gasteiger partial charge on any atom is -0.493 e. The third kappa shape index (κ3) is 4.67. The molecule has 0 fully saturated rings. The van der Waals surface area contributed by atoms with E-state index >= 15 is 0 Å². The normalized spacial score (nSPS) is 10.1. The quantitative estimate of drug-likeness (QED) is 0.501. The second-order valence-electron chi connectivity index (χ2n) is 3.56. The predicted octanol–water partition coefficient (Wildman–Crippen LogP) is 4.60. The third-order valence-corrected chi connectivity index (χ3v) is 2.52. The van der Waals surface area contributed by atoms with Gasteiger partial charge < -0.3 is 4.74 Å². The fourth-order valence-electron chi connectivity index (χ4n) is 1.32. The van der Waals surface area contributed by atoms with E-state index in [4.69, 9.17) is 16.3 Å². The Morgan fingerprint density at radius 3 is 2.81 bits per heavy atom. The molecule has 0 N–H and O–H groups in total. The van der Waals surface area contributed by atoms with Crippen molar-refractivity contribution in [2.24, 2.45) is 0 Å². The minimum absolute atomic E-state index is 0.123. The molecule has 0 unspecified atom stereocenters. The predicted molar refractivity (Wildman–Crippen MR) is 65.6 cm³/mol. The molecule has 0 saturated heterocycles. The molecule has 0 radical (unpaired) electrons. The molecule has 0 aliphatic carbocycles. The Morgan fingerprint density at radius 1 is 1.31 bits per heavy atom. The molecule has 88 valence electrons. The van der Waals surface area contributed by atoms with Crippen LogP contribution in [0.3, 0.4) is 0 Å². The van der Waals surface area contributed by atoms with Crippen LogP contribution in [-0.2, 0) is 0 Å². The van der Waals surface area contributed by atoms with E-state index in [1.165, 1.54) is 12.1 Å². The summed E-state index contributed by atoms with van der Waals surface area (Å²) in [4.78, 5) is 0. The van der Waals surface area contributed by atoms with Crippen LogP contribution < -0.4 is 4.74 Å². The monoisotopic (exact) mass is 242 g/mol. The summed E-state index contributed by atoms with van der Waals surface area (Å²) in [5.74, 6) is 0.0939. The molecule has 0 aliphatic rings. The van der Waals surface area contributed by atoms with Crippen LogP contribution in [0.2, 0.25) is 5.02 Å². The van der Waals surface area contributed by atoms with Crippen molar-refractivity contribution >= 4 is 11.6 Å². The van der Waals surface area contributed by atoms with Gasteiger partial charge in [0.25, 0.3) is 0 Å². The van der Waals surface area contributed by atoms with E-state index in [1.54, 1.807) is 6.07 Å². The summed E-state index contributed by atoms with van der Waals surface area (Å²) >= 11 is 5.56. The van der Waals surface area contributed by atoms with E-state index in [0.29, 0.717) is 12.4 Å². The highest BCUT2D eigenvalue weighted by molar-refractivity contribution is 6.30. The molecule has 1 aromatic rings. The van der Waals surface area contributed by atoms with Crippen LogP contribution in [0.25, 0.3) is 0 Å². The number of benzene rings is 1. The van der Waals surface area contributed by atoms with Gasteiger partial charge >= 0.3 is 0 Å². The van der Waals surface area contributed by atoms with Crippen molar-refractivity contribution in [1.29, 1.82) is 0 Å². The van der Waals surface area contributed by atoms with Gasteiger partial charge in [0.1, 0.15) is 11.6 Å². The molecule has 1 rings (SSSR count). The van der Waals surface area contributed by atoms with E-state index in [1.807, 2.05) is 6.08 Å². The van der Waals surface area contributed by atoms with Gasteiger partial charge in [-0.25, -0.2) is 4.39 Å². The Kier molecular flexibility index (Phi) is 5.94. The Bertz CT molecular complexity index is 339. The number of unbranched alkanes of at least 4 members (excludes halogenated alkanes) is 3. The lowest BCUT2D eigenvalue weighted by atomic mass is 10.2. The van der Waals surface area contributed by atoms with Crippen molar-refractivity contribution in [3.05, 3.63) is 41.7 Å². The van der Waals surface area contributed by atoms with Crippen molar-refractivity contribution in [3.63, 3.8) is 0 Å². The molecule has 0 heterocycles. The van der Waals surface area contributed by atoms with Gasteiger partial charge in [0.05, 0.1) is 11.6 Å². The van der Waals surface area contributed by atoms with Gasteiger partial charge in [0, 0.05) is 6.07 Å². The van der Waals surface area contributed by atoms with Crippen molar-refractivity contribution in [2.75, 3.05) is 6.61 Å². The van der Waals surface area contributed by atoms with Crippen LogP contribution in [0.15, 0.2) is 30.9 Å². The maximum atomic E-state index is 13.0. The average molecular weight is 243 g/mol. The Balaban J connectivity index is 2.21. The van der Waals surface area contributed by atoms with E-state index in [2.05, 4.69) is 6.58 Å². The van der Waals surface area contributed by atoms with Crippen LogP contribution in [-0.4, -0.2) is 6.61 Å². The number of halogens is 2. The molecular weight excluding hydrogens is 227 g/mol. The van der Waals surface area contributed by atoms with Gasteiger partial charge in [0.15, 0.2) is 0 Å². The molecule has 1 nitrogen and oxygen atoms in total. The highest BCUT2D eigenvalue weighted by Gasteiger charge is 2.01. The zero-order valence-corrected chi connectivity index (χ0v) is 9.97. The largest absolute Gasteiger partial charge is 0.493 e. The SMILES string of the molecule is C=CCCCCCOc1ccc(Cl)c(F)c1. The molecular formula is C13H16ClFO. The third-order valence-electron chi connectivity index (χ3n) is 2.21. The summed E-state index contributed by atoms with van der Waals surface area (Å²) in [7, 11) is 0. The lowest BCUT2D eigenvalue weighted by Crippen LogP contribution is -1.97. The molecule has 16 heavy (non-hydrogen) atoms. The van der Waals surface area contributed by atoms with Crippen LogP contribution in [0, 0.1) is 5.82 Å².